The normalized spacial score (nSPS) is 19.8. The van der Waals surface area contributed by atoms with E-state index >= 15 is 0 Å². The molecule has 1 aliphatic rings. The summed E-state index contributed by atoms with van der Waals surface area (Å²) in [5, 5.41) is 0.737. The second kappa shape index (κ2) is 7.57. The fourth-order valence-electron chi connectivity index (χ4n) is 2.49. The molecule has 4 nitrogen and oxygen atoms in total. The Labute approximate surface area is 144 Å². The zero-order chi connectivity index (χ0) is 16.3. The molecule has 0 bridgehead atoms. The Bertz CT molecular complexity index is 562. The average Bonchev–Trinajstić information content (AvgIpc) is 2.50. The highest BCUT2D eigenvalue weighted by Gasteiger charge is 2.30. The third-order valence-electron chi connectivity index (χ3n) is 3.70. The van der Waals surface area contributed by atoms with E-state index < -0.39 is 0 Å². The largest absolute Gasteiger partial charge is 0.369 e. The highest BCUT2D eigenvalue weighted by Crippen LogP contribution is 2.37. The van der Waals surface area contributed by atoms with Crippen LogP contribution in [0.2, 0.25) is 10.0 Å². The Hall–Kier alpha value is -0.910. The molecule has 2 atom stereocenters. The van der Waals surface area contributed by atoms with Gasteiger partial charge in [0.2, 0.25) is 11.8 Å². The van der Waals surface area contributed by atoms with Crippen LogP contribution in [0.4, 0.5) is 0 Å². The summed E-state index contributed by atoms with van der Waals surface area (Å²) >= 11 is 13.6. The second-order valence-electron chi connectivity index (χ2n) is 5.34. The van der Waals surface area contributed by atoms with E-state index in [1.54, 1.807) is 23.1 Å². The minimum Gasteiger partial charge on any atom is -0.369 e. The van der Waals surface area contributed by atoms with E-state index in [2.05, 4.69) is 0 Å². The quantitative estimate of drug-likeness (QED) is 0.838. The summed E-state index contributed by atoms with van der Waals surface area (Å²) in [6, 6.07) is 5.26. The SMILES string of the molecule is CC(Sc1c(Cl)cccc1Cl)C(=O)N1CCCC(C(N)=O)C1. The van der Waals surface area contributed by atoms with Gasteiger partial charge in [-0.1, -0.05) is 29.3 Å². The van der Waals surface area contributed by atoms with Crippen LogP contribution in [-0.2, 0) is 9.59 Å². The molecule has 0 radical (unpaired) electrons. The summed E-state index contributed by atoms with van der Waals surface area (Å²) in [6.45, 7) is 2.87. The lowest BCUT2D eigenvalue weighted by Crippen LogP contribution is -2.46. The Morgan fingerprint density at radius 1 is 1.36 bits per heavy atom. The van der Waals surface area contributed by atoms with Crippen LogP contribution in [0.3, 0.4) is 0 Å². The first-order chi connectivity index (χ1) is 10.4. The minimum absolute atomic E-state index is 0.0214. The van der Waals surface area contributed by atoms with Crippen LogP contribution in [0.5, 0.6) is 0 Å². The van der Waals surface area contributed by atoms with Gasteiger partial charge in [0.15, 0.2) is 0 Å². The van der Waals surface area contributed by atoms with E-state index in [4.69, 9.17) is 28.9 Å². The van der Waals surface area contributed by atoms with Gasteiger partial charge in [-0.3, -0.25) is 9.59 Å². The third-order valence-corrected chi connectivity index (χ3v) is 5.78. The molecular formula is C15H18Cl2N2O2S. The lowest BCUT2D eigenvalue weighted by molar-refractivity contribution is -0.134. The van der Waals surface area contributed by atoms with E-state index in [0.717, 1.165) is 12.8 Å². The zero-order valence-electron chi connectivity index (χ0n) is 12.2. The number of rotatable bonds is 4. The number of carbonyl (C=O) groups is 2. The van der Waals surface area contributed by atoms with Gasteiger partial charge in [0.25, 0.3) is 0 Å². The van der Waals surface area contributed by atoms with Crippen molar-refractivity contribution in [1.82, 2.24) is 4.90 Å². The van der Waals surface area contributed by atoms with Crippen LogP contribution in [-0.4, -0.2) is 35.1 Å². The van der Waals surface area contributed by atoms with Crippen LogP contribution in [0.15, 0.2) is 23.1 Å². The maximum absolute atomic E-state index is 12.6. The predicted octanol–water partition coefficient (Wildman–Crippen LogP) is 3.20. The summed E-state index contributed by atoms with van der Waals surface area (Å²) in [7, 11) is 0. The molecule has 2 amide bonds. The highest BCUT2D eigenvalue weighted by atomic mass is 35.5. The van der Waals surface area contributed by atoms with Crippen LogP contribution in [0, 0.1) is 5.92 Å². The molecule has 0 saturated carbocycles. The van der Waals surface area contributed by atoms with Gasteiger partial charge in [-0.15, -0.1) is 11.8 Å². The molecule has 0 spiro atoms. The Kier molecular flexibility index (Phi) is 6.01. The molecule has 1 fully saturated rings. The first-order valence-corrected chi connectivity index (χ1v) is 8.72. The van der Waals surface area contributed by atoms with Crippen molar-refractivity contribution < 1.29 is 9.59 Å². The Morgan fingerprint density at radius 3 is 2.59 bits per heavy atom. The number of amides is 2. The topological polar surface area (TPSA) is 63.4 Å². The van der Waals surface area contributed by atoms with Gasteiger partial charge in [0.05, 0.1) is 21.2 Å². The summed E-state index contributed by atoms with van der Waals surface area (Å²) in [4.78, 5) is 26.3. The maximum atomic E-state index is 12.6. The number of halogens is 2. The van der Waals surface area contributed by atoms with E-state index in [1.807, 2.05) is 6.92 Å². The van der Waals surface area contributed by atoms with Gasteiger partial charge in [-0.2, -0.15) is 0 Å². The number of benzene rings is 1. The van der Waals surface area contributed by atoms with Crippen molar-refractivity contribution in [2.75, 3.05) is 13.1 Å². The van der Waals surface area contributed by atoms with E-state index in [1.165, 1.54) is 11.8 Å². The summed E-state index contributed by atoms with van der Waals surface area (Å²) in [6.07, 6.45) is 1.54. The molecule has 1 saturated heterocycles. The van der Waals surface area contributed by atoms with Gasteiger partial charge in [-0.25, -0.2) is 0 Å². The summed E-state index contributed by atoms with van der Waals surface area (Å²) in [5.74, 6) is -0.613. The standard InChI is InChI=1S/C15H18Cl2N2O2S/c1-9(22-13-11(16)5-2-6-12(13)17)15(21)19-7-3-4-10(8-19)14(18)20/h2,5-6,9-10H,3-4,7-8H2,1H3,(H2,18,20). The molecule has 2 unspecified atom stereocenters. The molecule has 2 N–H and O–H groups in total. The number of piperidine rings is 1. The number of hydrogen-bond acceptors (Lipinski definition) is 3. The van der Waals surface area contributed by atoms with Crippen molar-refractivity contribution in [1.29, 1.82) is 0 Å². The van der Waals surface area contributed by atoms with Gasteiger partial charge in [0, 0.05) is 18.0 Å². The van der Waals surface area contributed by atoms with Crippen molar-refractivity contribution in [3.63, 3.8) is 0 Å². The number of hydrogen-bond donors (Lipinski definition) is 1. The minimum atomic E-state index is -0.341. The second-order valence-corrected chi connectivity index (χ2v) is 7.50. The van der Waals surface area contributed by atoms with Crippen molar-refractivity contribution in [3.05, 3.63) is 28.2 Å². The number of primary amides is 1. The van der Waals surface area contributed by atoms with E-state index in [-0.39, 0.29) is 23.0 Å². The molecule has 120 valence electrons. The summed E-state index contributed by atoms with van der Waals surface area (Å²) in [5.41, 5.74) is 5.35. The molecule has 0 aliphatic carbocycles. The monoisotopic (exact) mass is 360 g/mol. The lowest BCUT2D eigenvalue weighted by Gasteiger charge is -2.33. The number of thioether (sulfide) groups is 1. The zero-order valence-corrected chi connectivity index (χ0v) is 14.5. The first kappa shape index (κ1) is 17.4. The third kappa shape index (κ3) is 4.09. The van der Waals surface area contributed by atoms with Crippen LogP contribution >= 0.6 is 35.0 Å². The van der Waals surface area contributed by atoms with Crippen molar-refractivity contribution in [2.45, 2.75) is 29.9 Å². The molecule has 1 aliphatic heterocycles. The van der Waals surface area contributed by atoms with Gasteiger partial charge < -0.3 is 10.6 Å². The number of likely N-dealkylation sites (tertiary alicyclic amines) is 1. The first-order valence-electron chi connectivity index (χ1n) is 7.09. The van der Waals surface area contributed by atoms with Gasteiger partial charge in [-0.05, 0) is 31.9 Å². The molecule has 22 heavy (non-hydrogen) atoms. The lowest BCUT2D eigenvalue weighted by atomic mass is 9.97. The Morgan fingerprint density at radius 2 is 2.00 bits per heavy atom. The smallest absolute Gasteiger partial charge is 0.235 e. The predicted molar refractivity (Wildman–Crippen MR) is 90.3 cm³/mol. The number of carbonyl (C=O) groups excluding carboxylic acids is 2. The van der Waals surface area contributed by atoms with E-state index in [9.17, 15) is 9.59 Å². The maximum Gasteiger partial charge on any atom is 0.235 e. The molecular weight excluding hydrogens is 343 g/mol. The molecule has 1 aromatic carbocycles. The van der Waals surface area contributed by atoms with E-state index in [0.29, 0.717) is 28.0 Å². The number of nitrogens with zero attached hydrogens (tertiary/aromatic N) is 1. The average molecular weight is 361 g/mol. The van der Waals surface area contributed by atoms with Crippen LogP contribution in [0.1, 0.15) is 19.8 Å². The van der Waals surface area contributed by atoms with Crippen molar-refractivity contribution in [3.8, 4) is 0 Å². The highest BCUT2D eigenvalue weighted by molar-refractivity contribution is 8.00. The Balaban J connectivity index is 2.04. The molecule has 1 heterocycles. The summed E-state index contributed by atoms with van der Waals surface area (Å²) < 4.78 is 0. The van der Waals surface area contributed by atoms with Crippen molar-refractivity contribution in [2.24, 2.45) is 11.7 Å². The number of nitrogens with two attached hydrogens (primary N) is 1. The van der Waals surface area contributed by atoms with Crippen LogP contribution in [0.25, 0.3) is 0 Å². The van der Waals surface area contributed by atoms with Gasteiger partial charge in [0.1, 0.15) is 0 Å². The molecule has 1 aromatic rings. The van der Waals surface area contributed by atoms with Crippen molar-refractivity contribution >= 4 is 46.8 Å². The van der Waals surface area contributed by atoms with Crippen LogP contribution < -0.4 is 5.73 Å². The molecule has 0 aromatic heterocycles. The fourth-order valence-corrected chi connectivity index (χ4v) is 4.12. The fraction of sp³-hybridized carbons (Fsp3) is 0.467. The molecule has 2 rings (SSSR count). The molecule has 7 heteroatoms. The van der Waals surface area contributed by atoms with Gasteiger partial charge >= 0.3 is 0 Å².